The third-order valence-corrected chi connectivity index (χ3v) is 7.03. The van der Waals surface area contributed by atoms with Crippen molar-refractivity contribution in [3.63, 3.8) is 0 Å². The maximum absolute atomic E-state index is 13.9. The number of aliphatic hydroxyl groups is 1. The third kappa shape index (κ3) is 6.77. The standard InChI is InChI=1S/C29H35N7O5/c1-29(2,3)24(36-16-22(26(31)39)33-34-36)28(41)35-15-20(37)14-23(35)27(40)32-21(25(30)38)13-17-9-11-19(12-10-17)18-7-5-4-6-8-18/h4-12,16,20-21,23-24,37H,13-15H2,1-3H3,(H2,30,38)(H2,31,39)(H,32,40)/i/hD. The molecule has 1 aliphatic heterocycles. The zero-order chi connectivity index (χ0) is 30.8. The summed E-state index contributed by atoms with van der Waals surface area (Å²) in [4.78, 5) is 52.7. The minimum Gasteiger partial charge on any atom is -0.391 e. The average molecular weight is 563 g/mol. The number of hydrogen-bond acceptors (Lipinski definition) is 7. The molecule has 0 saturated carbocycles. The van der Waals surface area contributed by atoms with Gasteiger partial charge in [0.2, 0.25) is 17.7 Å². The molecule has 1 aliphatic rings. The van der Waals surface area contributed by atoms with Crippen molar-refractivity contribution in [2.24, 2.45) is 16.9 Å². The molecule has 1 saturated heterocycles. The highest BCUT2D eigenvalue weighted by Crippen LogP contribution is 2.34. The van der Waals surface area contributed by atoms with E-state index in [0.717, 1.165) is 11.1 Å². The van der Waals surface area contributed by atoms with Gasteiger partial charge in [-0.1, -0.05) is 80.6 Å². The van der Waals surface area contributed by atoms with Crippen LogP contribution < -0.4 is 16.8 Å². The van der Waals surface area contributed by atoms with Gasteiger partial charge in [0.25, 0.3) is 5.91 Å². The molecule has 1 fully saturated rings. The number of aromatic nitrogens is 3. The molecular formula is C29H35N7O5. The molecule has 41 heavy (non-hydrogen) atoms. The predicted molar refractivity (Wildman–Crippen MR) is 150 cm³/mol. The lowest BCUT2D eigenvalue weighted by atomic mass is 9.85. The Balaban J connectivity index is 1.55. The van der Waals surface area contributed by atoms with Crippen molar-refractivity contribution in [1.82, 2.24) is 25.2 Å². The molecule has 4 atom stereocenters. The summed E-state index contributed by atoms with van der Waals surface area (Å²) in [6.07, 6.45) is 0.0781. The van der Waals surface area contributed by atoms with Crippen molar-refractivity contribution in [2.45, 2.75) is 57.8 Å². The van der Waals surface area contributed by atoms with Gasteiger partial charge in [-0.2, -0.15) is 0 Å². The fourth-order valence-corrected chi connectivity index (χ4v) is 4.98. The molecule has 4 unspecified atom stereocenters. The van der Waals surface area contributed by atoms with Gasteiger partial charge in [-0.3, -0.25) is 19.2 Å². The molecule has 12 nitrogen and oxygen atoms in total. The van der Waals surface area contributed by atoms with Crippen LogP contribution in [-0.4, -0.2) is 73.4 Å². The van der Waals surface area contributed by atoms with E-state index in [4.69, 9.17) is 12.9 Å². The number of nitrogens with zero attached hydrogens (tertiary/aromatic N) is 4. The van der Waals surface area contributed by atoms with Gasteiger partial charge < -0.3 is 26.8 Å². The largest absolute Gasteiger partial charge is 0.391 e. The summed E-state index contributed by atoms with van der Waals surface area (Å²) in [5.74, 6) is -3.12. The maximum Gasteiger partial charge on any atom is 0.270 e. The Morgan fingerprint density at radius 3 is 2.27 bits per heavy atom. The Hall–Kier alpha value is -4.58. The van der Waals surface area contributed by atoms with Gasteiger partial charge in [-0.05, 0) is 22.1 Å². The molecule has 3 aromatic rings. The van der Waals surface area contributed by atoms with Crippen LogP contribution in [0.2, 0.25) is 1.41 Å². The number of primary amides is 2. The first-order valence-corrected chi connectivity index (χ1v) is 13.2. The molecule has 0 aliphatic carbocycles. The van der Waals surface area contributed by atoms with Crippen LogP contribution in [0, 0.1) is 5.41 Å². The van der Waals surface area contributed by atoms with Crippen molar-refractivity contribution in [3.8, 4) is 11.1 Å². The molecule has 2 heterocycles. The van der Waals surface area contributed by atoms with Gasteiger partial charge in [-0.15, -0.1) is 5.10 Å². The Kier molecular flexibility index (Phi) is 8.11. The lowest BCUT2D eigenvalue weighted by Crippen LogP contribution is -2.54. The van der Waals surface area contributed by atoms with Gasteiger partial charge in [-0.25, -0.2) is 4.68 Å². The fourth-order valence-electron chi connectivity index (χ4n) is 4.98. The number of amides is 4. The number of rotatable bonds is 9. The van der Waals surface area contributed by atoms with Crippen molar-refractivity contribution in [3.05, 3.63) is 72.1 Å². The van der Waals surface area contributed by atoms with Gasteiger partial charge in [0.05, 0.1) is 12.3 Å². The van der Waals surface area contributed by atoms with Gasteiger partial charge in [0.15, 0.2) is 7.11 Å². The second-order valence-electron chi connectivity index (χ2n) is 11.3. The van der Waals surface area contributed by atoms with E-state index in [1.807, 2.05) is 42.5 Å². The second kappa shape index (κ2) is 11.9. The summed E-state index contributed by atoms with van der Waals surface area (Å²) in [7, 11) is 0. The number of nitrogens with two attached hydrogens (primary N) is 2. The molecule has 0 spiro atoms. The molecule has 4 rings (SSSR count). The van der Waals surface area contributed by atoms with Crippen LogP contribution in [0.4, 0.5) is 0 Å². The van der Waals surface area contributed by atoms with E-state index in [-0.39, 0.29) is 25.1 Å². The molecule has 2 aromatic carbocycles. The van der Waals surface area contributed by atoms with Crippen molar-refractivity contribution in [1.29, 1.82) is 0 Å². The average Bonchev–Trinajstić information content (AvgIpc) is 3.58. The summed E-state index contributed by atoms with van der Waals surface area (Å²) in [6.45, 7) is 5.14. The first-order chi connectivity index (χ1) is 19.8. The van der Waals surface area contributed by atoms with Gasteiger partial charge in [0, 0.05) is 19.4 Å². The van der Waals surface area contributed by atoms with Crippen LogP contribution >= 0.6 is 0 Å². The van der Waals surface area contributed by atoms with Crippen LogP contribution in [0.5, 0.6) is 0 Å². The smallest absolute Gasteiger partial charge is 0.270 e. The molecule has 0 bridgehead atoms. The monoisotopic (exact) mass is 562 g/mol. The molecular weight excluding hydrogens is 526 g/mol. The Bertz CT molecular complexity index is 1460. The minimum atomic E-state index is -1.32. The first-order valence-electron chi connectivity index (χ1n) is 13.7. The van der Waals surface area contributed by atoms with E-state index in [1.165, 1.54) is 15.8 Å². The van der Waals surface area contributed by atoms with E-state index in [9.17, 15) is 24.3 Å². The zero-order valence-corrected chi connectivity index (χ0v) is 23.2. The van der Waals surface area contributed by atoms with Crippen LogP contribution in [0.1, 0.15) is 49.3 Å². The van der Waals surface area contributed by atoms with Crippen LogP contribution in [0.3, 0.4) is 0 Å². The number of carbonyl (C=O) groups is 4. The van der Waals surface area contributed by atoms with Crippen molar-refractivity contribution >= 4 is 23.6 Å². The van der Waals surface area contributed by atoms with Crippen LogP contribution in [0.25, 0.3) is 11.1 Å². The number of β-amino-alcohol motifs (C(OH)–C–C–N with tert-alkyl or cyclic N) is 1. The lowest BCUT2D eigenvalue weighted by Gasteiger charge is -2.34. The maximum atomic E-state index is 13.9. The van der Waals surface area contributed by atoms with E-state index in [1.54, 1.807) is 32.9 Å². The zero-order valence-electron chi connectivity index (χ0n) is 24.2. The summed E-state index contributed by atoms with van der Waals surface area (Å²) in [5, 5.41) is 18.6. The van der Waals surface area contributed by atoms with E-state index < -0.39 is 53.3 Å². The molecule has 0 radical (unpaired) electrons. The first kappa shape index (κ1) is 28.0. The summed E-state index contributed by atoms with van der Waals surface area (Å²) >= 11 is 0. The Morgan fingerprint density at radius 2 is 1.71 bits per heavy atom. The highest BCUT2D eigenvalue weighted by atomic mass is 16.3. The number of benzene rings is 2. The number of likely N-dealkylation sites (tertiary alicyclic amines) is 1. The SMILES string of the molecule is [2H]N(C(=O)C1CC(O)CN1C(=O)C(n1cc(C(N)=O)nn1)C(C)(C)C)C(Cc1ccc(-c2ccccc2)cc1)C(N)=O. The summed E-state index contributed by atoms with van der Waals surface area (Å²) in [6, 6.07) is 13.5. The molecule has 12 heteroatoms. The van der Waals surface area contributed by atoms with Crippen molar-refractivity contribution in [2.75, 3.05) is 6.54 Å². The van der Waals surface area contributed by atoms with Gasteiger partial charge >= 0.3 is 0 Å². The van der Waals surface area contributed by atoms with Crippen LogP contribution in [0.15, 0.2) is 60.8 Å². The minimum absolute atomic E-state index is 0.0116. The highest BCUT2D eigenvalue weighted by Gasteiger charge is 2.45. The number of carbonyl (C=O) groups excluding carboxylic acids is 4. The third-order valence-electron chi connectivity index (χ3n) is 7.03. The van der Waals surface area contributed by atoms with E-state index >= 15 is 0 Å². The second-order valence-corrected chi connectivity index (χ2v) is 11.3. The Morgan fingerprint density at radius 1 is 1.07 bits per heavy atom. The Labute approximate surface area is 239 Å². The van der Waals surface area contributed by atoms with E-state index in [2.05, 4.69) is 10.3 Å². The predicted octanol–water partition coefficient (Wildman–Crippen LogP) is 0.806. The van der Waals surface area contributed by atoms with Crippen LogP contribution in [-0.2, 0) is 20.8 Å². The number of hydrogen-bond donors (Lipinski definition) is 4. The van der Waals surface area contributed by atoms with E-state index in [0.29, 0.717) is 10.9 Å². The van der Waals surface area contributed by atoms with Crippen molar-refractivity contribution < 1.29 is 25.7 Å². The fraction of sp³-hybridized carbons (Fsp3) is 0.379. The summed E-state index contributed by atoms with van der Waals surface area (Å²) in [5.41, 5.74) is 12.7. The topological polar surface area (TPSA) is 187 Å². The normalized spacial score (nSPS) is 18.8. The highest BCUT2D eigenvalue weighted by molar-refractivity contribution is 5.93. The molecule has 216 valence electrons. The molecule has 4 amide bonds. The summed E-state index contributed by atoms with van der Waals surface area (Å²) < 4.78 is 9.79. The molecule has 6 N–H and O–H groups in total. The number of nitrogens with one attached hydrogen (secondary N) is 1. The van der Waals surface area contributed by atoms with Gasteiger partial charge in [0.1, 0.15) is 18.1 Å². The quantitative estimate of drug-likeness (QED) is 0.297. The molecule has 1 aromatic heterocycles. The lowest BCUT2D eigenvalue weighted by molar-refractivity contribution is -0.144. The number of aliphatic hydroxyl groups excluding tert-OH is 1.